The summed E-state index contributed by atoms with van der Waals surface area (Å²) in [5.74, 6) is 0.413. The molecule has 1 rings (SSSR count). The summed E-state index contributed by atoms with van der Waals surface area (Å²) >= 11 is 1.45. The summed E-state index contributed by atoms with van der Waals surface area (Å²) in [6.45, 7) is 1.32. The number of rotatable bonds is 7. The second-order valence-corrected chi connectivity index (χ2v) is 4.54. The number of methoxy groups -OCH3 is 1. The third-order valence-electron chi connectivity index (χ3n) is 2.13. The highest BCUT2D eigenvalue weighted by atomic mass is 32.2. The van der Waals surface area contributed by atoms with Gasteiger partial charge in [-0.1, -0.05) is 12.1 Å². The summed E-state index contributed by atoms with van der Waals surface area (Å²) < 4.78 is 4.90. The summed E-state index contributed by atoms with van der Waals surface area (Å²) in [5, 5.41) is 2.83. The molecule has 0 spiro atoms. The van der Waals surface area contributed by atoms with Gasteiger partial charge in [0.05, 0.1) is 5.75 Å². The maximum atomic E-state index is 11.5. The van der Waals surface area contributed by atoms with E-state index in [1.54, 1.807) is 7.11 Å². The third-order valence-corrected chi connectivity index (χ3v) is 3.21. The number of thioether (sulfide) groups is 1. The van der Waals surface area contributed by atoms with Crippen LogP contribution in [0.3, 0.4) is 0 Å². The fourth-order valence-corrected chi connectivity index (χ4v) is 2.05. The topological polar surface area (TPSA) is 64.3 Å². The summed E-state index contributed by atoms with van der Waals surface area (Å²) in [6, 6.07) is 7.54. The van der Waals surface area contributed by atoms with Gasteiger partial charge in [0.2, 0.25) is 5.91 Å². The Morgan fingerprint density at radius 1 is 1.47 bits per heavy atom. The molecule has 0 aromatic heterocycles. The first-order valence-corrected chi connectivity index (χ1v) is 6.45. The average Bonchev–Trinajstić information content (AvgIpc) is 2.34. The van der Waals surface area contributed by atoms with Gasteiger partial charge in [-0.25, -0.2) is 0 Å². The van der Waals surface area contributed by atoms with Crippen LogP contribution in [0.2, 0.25) is 0 Å². The molecule has 5 heteroatoms. The van der Waals surface area contributed by atoms with Gasteiger partial charge in [-0.15, -0.1) is 11.8 Å². The lowest BCUT2D eigenvalue weighted by atomic mass is 10.3. The lowest BCUT2D eigenvalue weighted by molar-refractivity contribution is -0.118. The molecule has 0 saturated heterocycles. The number of carbonyl (C=O) groups excluding carboxylic acids is 1. The molecule has 17 heavy (non-hydrogen) atoms. The number of amides is 1. The molecule has 1 aromatic rings. The van der Waals surface area contributed by atoms with Crippen LogP contribution >= 0.6 is 11.8 Å². The molecule has 94 valence electrons. The van der Waals surface area contributed by atoms with Crippen molar-refractivity contribution in [1.82, 2.24) is 5.32 Å². The first-order chi connectivity index (χ1) is 8.24. The van der Waals surface area contributed by atoms with E-state index in [0.29, 0.717) is 24.6 Å². The van der Waals surface area contributed by atoms with Crippen LogP contribution in [0.15, 0.2) is 29.2 Å². The molecule has 0 aliphatic carbocycles. The Morgan fingerprint density at radius 3 is 2.94 bits per heavy atom. The Hall–Kier alpha value is -1.20. The number of nitrogen functional groups attached to an aromatic ring is 1. The number of hydrogen-bond acceptors (Lipinski definition) is 4. The van der Waals surface area contributed by atoms with Crippen molar-refractivity contribution in [1.29, 1.82) is 0 Å². The molecule has 0 fully saturated rings. The van der Waals surface area contributed by atoms with Gasteiger partial charge in [0.1, 0.15) is 0 Å². The molecular weight excluding hydrogens is 236 g/mol. The van der Waals surface area contributed by atoms with Gasteiger partial charge in [0.15, 0.2) is 0 Å². The summed E-state index contributed by atoms with van der Waals surface area (Å²) in [7, 11) is 1.65. The van der Waals surface area contributed by atoms with Gasteiger partial charge in [-0.3, -0.25) is 4.79 Å². The highest BCUT2D eigenvalue weighted by molar-refractivity contribution is 8.00. The summed E-state index contributed by atoms with van der Waals surface area (Å²) in [4.78, 5) is 12.4. The fourth-order valence-electron chi connectivity index (χ4n) is 1.25. The van der Waals surface area contributed by atoms with E-state index in [4.69, 9.17) is 10.5 Å². The van der Waals surface area contributed by atoms with Crippen LogP contribution in [0.4, 0.5) is 5.69 Å². The summed E-state index contributed by atoms with van der Waals surface area (Å²) in [5.41, 5.74) is 6.49. The largest absolute Gasteiger partial charge is 0.398 e. The Labute approximate surface area is 106 Å². The molecule has 0 atom stereocenters. The van der Waals surface area contributed by atoms with E-state index in [-0.39, 0.29) is 5.91 Å². The highest BCUT2D eigenvalue weighted by Gasteiger charge is 2.03. The second kappa shape index (κ2) is 7.97. The smallest absolute Gasteiger partial charge is 0.230 e. The quantitative estimate of drug-likeness (QED) is 0.440. The maximum absolute atomic E-state index is 11.5. The molecule has 0 saturated carbocycles. The number of nitrogens with one attached hydrogen (secondary N) is 1. The van der Waals surface area contributed by atoms with Crippen LogP contribution in [0.25, 0.3) is 0 Å². The van der Waals surface area contributed by atoms with Crippen molar-refractivity contribution in [3.05, 3.63) is 24.3 Å². The van der Waals surface area contributed by atoms with Gasteiger partial charge in [-0.05, 0) is 18.6 Å². The first kappa shape index (κ1) is 13.9. The number of ether oxygens (including phenoxy) is 1. The molecule has 4 nitrogen and oxygen atoms in total. The number of para-hydroxylation sites is 1. The minimum absolute atomic E-state index is 0.0226. The number of hydrogen-bond donors (Lipinski definition) is 2. The van der Waals surface area contributed by atoms with Crippen molar-refractivity contribution in [2.75, 3.05) is 31.7 Å². The third kappa shape index (κ3) is 5.60. The Balaban J connectivity index is 2.22. The van der Waals surface area contributed by atoms with Crippen molar-refractivity contribution in [3.63, 3.8) is 0 Å². The van der Waals surface area contributed by atoms with Gasteiger partial charge >= 0.3 is 0 Å². The van der Waals surface area contributed by atoms with Crippen molar-refractivity contribution in [2.24, 2.45) is 0 Å². The van der Waals surface area contributed by atoms with Crippen LogP contribution in [0.1, 0.15) is 6.42 Å². The lowest BCUT2D eigenvalue weighted by Crippen LogP contribution is -2.26. The van der Waals surface area contributed by atoms with Crippen molar-refractivity contribution in [3.8, 4) is 0 Å². The van der Waals surface area contributed by atoms with Crippen LogP contribution in [0.5, 0.6) is 0 Å². The molecule has 0 radical (unpaired) electrons. The zero-order valence-electron chi connectivity index (χ0n) is 9.94. The van der Waals surface area contributed by atoms with E-state index in [9.17, 15) is 4.79 Å². The molecular formula is C12H18N2O2S. The number of carbonyl (C=O) groups is 1. The van der Waals surface area contributed by atoms with E-state index in [1.165, 1.54) is 11.8 Å². The van der Waals surface area contributed by atoms with E-state index < -0.39 is 0 Å². The Kier molecular flexibility index (Phi) is 6.50. The molecule has 0 unspecified atom stereocenters. The van der Waals surface area contributed by atoms with Crippen LogP contribution in [0, 0.1) is 0 Å². The summed E-state index contributed by atoms with van der Waals surface area (Å²) in [6.07, 6.45) is 0.834. The monoisotopic (exact) mass is 254 g/mol. The fraction of sp³-hybridized carbons (Fsp3) is 0.417. The molecule has 0 heterocycles. The SMILES string of the molecule is COCCCNC(=O)CSc1ccccc1N. The van der Waals surface area contributed by atoms with Crippen molar-refractivity contribution < 1.29 is 9.53 Å². The van der Waals surface area contributed by atoms with E-state index in [1.807, 2.05) is 24.3 Å². The molecule has 3 N–H and O–H groups in total. The van der Waals surface area contributed by atoms with Crippen LogP contribution in [-0.2, 0) is 9.53 Å². The number of nitrogens with two attached hydrogens (primary N) is 1. The maximum Gasteiger partial charge on any atom is 0.230 e. The molecule has 0 aliphatic rings. The number of benzene rings is 1. The lowest BCUT2D eigenvalue weighted by Gasteiger charge is -2.06. The average molecular weight is 254 g/mol. The first-order valence-electron chi connectivity index (χ1n) is 5.47. The van der Waals surface area contributed by atoms with E-state index in [2.05, 4.69) is 5.32 Å². The zero-order valence-corrected chi connectivity index (χ0v) is 10.8. The normalized spacial score (nSPS) is 10.2. The molecule has 1 aromatic carbocycles. The minimum atomic E-state index is 0.0226. The van der Waals surface area contributed by atoms with Gasteiger partial charge < -0.3 is 15.8 Å². The van der Waals surface area contributed by atoms with E-state index in [0.717, 1.165) is 11.3 Å². The minimum Gasteiger partial charge on any atom is -0.398 e. The Bertz CT molecular complexity index is 358. The van der Waals surface area contributed by atoms with Gasteiger partial charge in [-0.2, -0.15) is 0 Å². The Morgan fingerprint density at radius 2 is 2.24 bits per heavy atom. The predicted molar refractivity (Wildman–Crippen MR) is 71.1 cm³/mol. The second-order valence-electron chi connectivity index (χ2n) is 3.52. The van der Waals surface area contributed by atoms with E-state index >= 15 is 0 Å². The molecule has 0 bridgehead atoms. The number of anilines is 1. The predicted octanol–water partition coefficient (Wildman–Crippen LogP) is 1.51. The highest BCUT2D eigenvalue weighted by Crippen LogP contribution is 2.23. The van der Waals surface area contributed by atoms with Gasteiger partial charge in [0, 0.05) is 30.8 Å². The molecule has 1 amide bonds. The van der Waals surface area contributed by atoms with Crippen LogP contribution < -0.4 is 11.1 Å². The van der Waals surface area contributed by atoms with Crippen LogP contribution in [-0.4, -0.2) is 31.9 Å². The van der Waals surface area contributed by atoms with Gasteiger partial charge in [0.25, 0.3) is 0 Å². The van der Waals surface area contributed by atoms with Crippen molar-refractivity contribution >= 4 is 23.4 Å². The standard InChI is InChI=1S/C12H18N2O2S/c1-16-8-4-7-14-12(15)9-17-11-6-3-2-5-10(11)13/h2-3,5-6H,4,7-9,13H2,1H3,(H,14,15). The van der Waals surface area contributed by atoms with Crippen molar-refractivity contribution in [2.45, 2.75) is 11.3 Å². The molecule has 0 aliphatic heterocycles. The zero-order chi connectivity index (χ0) is 12.5.